The van der Waals surface area contributed by atoms with Gasteiger partial charge in [-0.15, -0.1) is 4.33 Å². The molecule has 3 N–H and O–H groups in total. The summed E-state index contributed by atoms with van der Waals surface area (Å²) in [6.45, 7) is 2.66. The molecular weight excluding hydrogens is 520 g/mol. The largest absolute Gasteiger partial charge is 0.493 e. The van der Waals surface area contributed by atoms with Crippen molar-refractivity contribution in [3.63, 3.8) is 0 Å². The first kappa shape index (κ1) is 32.1. The van der Waals surface area contributed by atoms with E-state index in [1.165, 1.54) is 6.42 Å². The molecule has 0 fully saturated rings. The second-order valence-electron chi connectivity index (χ2n) is 8.35. The molecule has 1 aromatic carbocycles. The molecule has 0 spiro atoms. The fraction of sp³-hybridized carbons (Fsp3) is 0.727. The number of rotatable bonds is 21. The van der Waals surface area contributed by atoms with Crippen molar-refractivity contribution in [3.8, 4) is 5.75 Å². The van der Waals surface area contributed by atoms with Crippen LogP contribution in [0.3, 0.4) is 0 Å². The summed E-state index contributed by atoms with van der Waals surface area (Å²) in [4.78, 5) is 0. The quantitative estimate of drug-likeness (QED) is 0.0633. The van der Waals surface area contributed by atoms with Gasteiger partial charge in [-0.05, 0) is 61.6 Å². The van der Waals surface area contributed by atoms with Crippen LogP contribution in [0, 0.1) is 0 Å². The number of benzene rings is 1. The van der Waals surface area contributed by atoms with Gasteiger partial charge in [-0.25, -0.2) is 5.26 Å². The highest BCUT2D eigenvalue weighted by molar-refractivity contribution is 7.94. The van der Waals surface area contributed by atoms with E-state index in [2.05, 4.69) is 16.3 Å². The van der Waals surface area contributed by atoms with Crippen LogP contribution < -0.4 is 4.74 Å². The van der Waals surface area contributed by atoms with Gasteiger partial charge < -0.3 is 4.74 Å². The molecule has 0 heterocycles. The monoisotopic (exact) mass is 558 g/mol. The van der Waals surface area contributed by atoms with E-state index in [1.807, 2.05) is 12.1 Å². The standard InChI is InChI=1S/C22H38O10S3/c1-2-3-4-5-6-13-30-22-20(11-7-14-33-32-31-23)17-19(10-8-15-34(24,25)26)18-21(22)12-9-16-35(27,28)29/h17-18,23H,2-16H2,1H3,(H,24,25,26)(H,27,28,29). The average Bonchev–Trinajstić information content (AvgIpc) is 2.75. The topological polar surface area (TPSA) is 157 Å². The zero-order valence-electron chi connectivity index (χ0n) is 20.2. The van der Waals surface area contributed by atoms with Crippen LogP contribution in [0.1, 0.15) is 75.0 Å². The maximum atomic E-state index is 11.2. The minimum Gasteiger partial charge on any atom is -0.493 e. The molecule has 0 bridgehead atoms. The first-order chi connectivity index (χ1) is 16.6. The number of aryl methyl sites for hydroxylation is 3. The van der Waals surface area contributed by atoms with Crippen molar-refractivity contribution in [1.82, 2.24) is 0 Å². The van der Waals surface area contributed by atoms with Gasteiger partial charge in [0.2, 0.25) is 0 Å². The zero-order valence-corrected chi connectivity index (χ0v) is 22.6. The van der Waals surface area contributed by atoms with Crippen LogP contribution in [-0.4, -0.2) is 55.1 Å². The Morgan fingerprint density at radius 2 is 1.37 bits per heavy atom. The third-order valence-corrected chi connectivity index (χ3v) is 7.49. The second-order valence-corrected chi connectivity index (χ2v) is 12.3. The summed E-state index contributed by atoms with van der Waals surface area (Å²) < 4.78 is 73.3. The van der Waals surface area contributed by atoms with E-state index in [9.17, 15) is 16.8 Å². The molecule has 0 atom stereocenters. The molecule has 0 radical (unpaired) electrons. The van der Waals surface area contributed by atoms with E-state index in [4.69, 9.17) is 19.1 Å². The molecule has 0 saturated heterocycles. The van der Waals surface area contributed by atoms with E-state index < -0.39 is 20.2 Å². The van der Waals surface area contributed by atoms with Crippen molar-refractivity contribution in [2.24, 2.45) is 0 Å². The molecule has 0 amide bonds. The molecule has 35 heavy (non-hydrogen) atoms. The summed E-state index contributed by atoms with van der Waals surface area (Å²) in [5.41, 5.74) is 2.54. The summed E-state index contributed by atoms with van der Waals surface area (Å²) in [6, 6.07) is 3.82. The van der Waals surface area contributed by atoms with E-state index in [0.29, 0.717) is 43.8 Å². The van der Waals surface area contributed by atoms with Crippen molar-refractivity contribution in [2.75, 3.05) is 23.9 Å². The highest BCUT2D eigenvalue weighted by atomic mass is 32.2. The van der Waals surface area contributed by atoms with Crippen molar-refractivity contribution in [3.05, 3.63) is 28.8 Å². The fourth-order valence-electron chi connectivity index (χ4n) is 3.69. The molecule has 1 rings (SSSR count). The summed E-state index contributed by atoms with van der Waals surface area (Å²) in [5.74, 6) is 0.480. The van der Waals surface area contributed by atoms with Gasteiger partial charge in [0.05, 0.1) is 18.1 Å². The molecule has 1 aromatic rings. The van der Waals surface area contributed by atoms with E-state index >= 15 is 0 Å². The van der Waals surface area contributed by atoms with Crippen LogP contribution >= 0.6 is 12.0 Å². The lowest BCUT2D eigenvalue weighted by molar-refractivity contribution is -0.432. The molecule has 0 aliphatic rings. The summed E-state index contributed by atoms with van der Waals surface area (Å²) in [6.07, 6.45) is 7.85. The van der Waals surface area contributed by atoms with E-state index in [0.717, 1.165) is 54.4 Å². The molecule has 0 aliphatic heterocycles. The van der Waals surface area contributed by atoms with Gasteiger partial charge in [0.1, 0.15) is 5.75 Å². The predicted octanol–water partition coefficient (Wildman–Crippen LogP) is 4.68. The smallest absolute Gasteiger partial charge is 0.264 e. The molecule has 0 saturated carbocycles. The predicted molar refractivity (Wildman–Crippen MR) is 136 cm³/mol. The lowest BCUT2D eigenvalue weighted by Crippen LogP contribution is -2.09. The van der Waals surface area contributed by atoms with Gasteiger partial charge >= 0.3 is 0 Å². The van der Waals surface area contributed by atoms with Gasteiger partial charge in [-0.3, -0.25) is 9.11 Å². The van der Waals surface area contributed by atoms with Crippen LogP contribution in [-0.2, 0) is 48.9 Å². The Hall–Kier alpha value is -0.930. The van der Waals surface area contributed by atoms with E-state index in [-0.39, 0.29) is 24.3 Å². The molecule has 0 unspecified atom stereocenters. The van der Waals surface area contributed by atoms with Gasteiger partial charge in [0.25, 0.3) is 20.2 Å². The summed E-state index contributed by atoms with van der Waals surface area (Å²) in [5, 5.41) is 11.9. The van der Waals surface area contributed by atoms with Gasteiger partial charge in [0.15, 0.2) is 0 Å². The van der Waals surface area contributed by atoms with E-state index in [1.54, 1.807) is 0 Å². The minimum atomic E-state index is -4.09. The Labute approximate surface area is 213 Å². The molecule has 10 nitrogen and oxygen atoms in total. The Bertz CT molecular complexity index is 933. The molecule has 13 heteroatoms. The van der Waals surface area contributed by atoms with Crippen molar-refractivity contribution in [1.29, 1.82) is 0 Å². The van der Waals surface area contributed by atoms with Gasteiger partial charge in [-0.1, -0.05) is 49.8 Å². The highest BCUT2D eigenvalue weighted by Gasteiger charge is 2.15. The number of ether oxygens (including phenoxy) is 1. The summed E-state index contributed by atoms with van der Waals surface area (Å²) in [7, 11) is -8.16. The van der Waals surface area contributed by atoms with Crippen molar-refractivity contribution in [2.45, 2.75) is 77.6 Å². The second kappa shape index (κ2) is 17.5. The maximum absolute atomic E-state index is 11.2. The Kier molecular flexibility index (Phi) is 16.1. The fourth-order valence-corrected chi connectivity index (χ4v) is 5.08. The first-order valence-electron chi connectivity index (χ1n) is 11.8. The third-order valence-electron chi connectivity index (χ3n) is 5.27. The number of unbranched alkanes of at least 4 members (excludes halogenated alkanes) is 4. The van der Waals surface area contributed by atoms with Crippen LogP contribution in [0.5, 0.6) is 5.75 Å². The third kappa shape index (κ3) is 16.4. The zero-order chi connectivity index (χ0) is 26.2. The van der Waals surface area contributed by atoms with Crippen LogP contribution in [0.15, 0.2) is 12.1 Å². The normalized spacial score (nSPS) is 12.2. The number of hydrogen-bond donors (Lipinski definition) is 3. The first-order valence-corrected chi connectivity index (χ1v) is 16.0. The molecule has 204 valence electrons. The minimum absolute atomic E-state index is 0.205. The SMILES string of the molecule is CCCCCCCOc1c(CCCSOOO)cc(CCCS(=O)(=O)O)cc1CCCS(=O)(=O)O. The van der Waals surface area contributed by atoms with Crippen molar-refractivity contribution >= 4 is 32.3 Å². The van der Waals surface area contributed by atoms with Gasteiger partial charge in [-0.2, -0.15) is 16.8 Å². The highest BCUT2D eigenvalue weighted by Crippen LogP contribution is 2.30. The van der Waals surface area contributed by atoms with Crippen LogP contribution in [0.4, 0.5) is 0 Å². The molecule has 0 aromatic heterocycles. The maximum Gasteiger partial charge on any atom is 0.264 e. The molecule has 0 aliphatic carbocycles. The Morgan fingerprint density at radius 1 is 0.800 bits per heavy atom. The lowest BCUT2D eigenvalue weighted by Gasteiger charge is -2.18. The number of hydrogen-bond acceptors (Lipinski definition) is 9. The molecular formula is C22H38O10S3. The Balaban J connectivity index is 3.08. The van der Waals surface area contributed by atoms with Crippen molar-refractivity contribution < 1.29 is 45.3 Å². The lowest BCUT2D eigenvalue weighted by atomic mass is 9.96. The Morgan fingerprint density at radius 3 is 1.94 bits per heavy atom. The average molecular weight is 559 g/mol. The summed E-state index contributed by atoms with van der Waals surface area (Å²) >= 11 is 0.947. The van der Waals surface area contributed by atoms with Crippen LogP contribution in [0.25, 0.3) is 0 Å². The van der Waals surface area contributed by atoms with Gasteiger partial charge in [0, 0.05) is 17.8 Å². The van der Waals surface area contributed by atoms with Crippen LogP contribution in [0.2, 0.25) is 0 Å².